The number of nitrogens with zero attached hydrogens (tertiary/aromatic N) is 3. The maximum Gasteiger partial charge on any atom is 0.435 e. The molecule has 94 valence electrons. The molecule has 1 aliphatic heterocycles. The molecule has 0 saturated carbocycles. The molecule has 0 radical (unpaired) electrons. The van der Waals surface area contributed by atoms with Gasteiger partial charge in [-0.1, -0.05) is 0 Å². The van der Waals surface area contributed by atoms with E-state index in [2.05, 4.69) is 10.2 Å². The smallest absolute Gasteiger partial charge is 0.354 e. The molecule has 0 spiro atoms. The molecular weight excluding hydrogens is 255 g/mol. The van der Waals surface area contributed by atoms with Crippen LogP contribution in [0.5, 0.6) is 0 Å². The van der Waals surface area contributed by atoms with E-state index >= 15 is 0 Å². The van der Waals surface area contributed by atoms with E-state index in [1.54, 1.807) is 0 Å². The first-order valence-electron chi connectivity index (χ1n) is 5.27. The number of alkyl halides is 4. The molecule has 1 atom stereocenters. The van der Waals surface area contributed by atoms with E-state index in [0.29, 0.717) is 12.4 Å². The van der Waals surface area contributed by atoms with Gasteiger partial charge < -0.3 is 4.90 Å². The van der Waals surface area contributed by atoms with Gasteiger partial charge in [0.2, 0.25) is 0 Å². The number of hydrogen-bond acceptors (Lipinski definition) is 3. The molecule has 1 aliphatic rings. The molecule has 7 heteroatoms. The lowest BCUT2D eigenvalue weighted by molar-refractivity contribution is -0.141. The summed E-state index contributed by atoms with van der Waals surface area (Å²) in [6, 6.07) is 2.28. The minimum atomic E-state index is -4.44. The molecule has 0 aliphatic carbocycles. The molecule has 1 fully saturated rings. The third-order valence-corrected chi connectivity index (χ3v) is 2.99. The molecular formula is C10H11ClF3N3. The minimum Gasteiger partial charge on any atom is -0.354 e. The van der Waals surface area contributed by atoms with Gasteiger partial charge in [-0.25, -0.2) is 0 Å². The van der Waals surface area contributed by atoms with Crippen LogP contribution in [-0.4, -0.2) is 28.7 Å². The van der Waals surface area contributed by atoms with Gasteiger partial charge in [-0.05, 0) is 25.0 Å². The van der Waals surface area contributed by atoms with E-state index in [9.17, 15) is 13.2 Å². The molecule has 0 aromatic carbocycles. The summed E-state index contributed by atoms with van der Waals surface area (Å²) in [6.07, 6.45) is -2.61. The number of aromatic nitrogens is 2. The van der Waals surface area contributed by atoms with Crippen LogP contribution in [0.2, 0.25) is 0 Å². The van der Waals surface area contributed by atoms with Crippen molar-refractivity contribution in [2.75, 3.05) is 18.0 Å². The first-order valence-corrected chi connectivity index (χ1v) is 5.70. The molecule has 0 bridgehead atoms. The molecule has 1 aromatic heterocycles. The maximum absolute atomic E-state index is 12.3. The predicted molar refractivity (Wildman–Crippen MR) is 58.1 cm³/mol. The lowest BCUT2D eigenvalue weighted by Gasteiger charge is -2.30. The van der Waals surface area contributed by atoms with Gasteiger partial charge in [0.05, 0.1) is 5.38 Å². The van der Waals surface area contributed by atoms with Crippen LogP contribution in [0.3, 0.4) is 0 Å². The zero-order valence-electron chi connectivity index (χ0n) is 8.91. The fourth-order valence-electron chi connectivity index (χ4n) is 1.78. The molecule has 2 heterocycles. The van der Waals surface area contributed by atoms with E-state index < -0.39 is 11.9 Å². The normalized spacial score (nSPS) is 21.6. The summed E-state index contributed by atoms with van der Waals surface area (Å²) in [7, 11) is 0. The van der Waals surface area contributed by atoms with Crippen LogP contribution in [-0.2, 0) is 6.18 Å². The number of hydrogen-bond donors (Lipinski definition) is 0. The van der Waals surface area contributed by atoms with Crippen molar-refractivity contribution < 1.29 is 13.2 Å². The van der Waals surface area contributed by atoms with Crippen LogP contribution in [0.15, 0.2) is 12.1 Å². The van der Waals surface area contributed by atoms with Crippen molar-refractivity contribution in [2.45, 2.75) is 24.4 Å². The summed E-state index contributed by atoms with van der Waals surface area (Å²) < 4.78 is 36.9. The SMILES string of the molecule is FC(F)(F)c1ccc(N2CCCC(Cl)C2)nn1. The van der Waals surface area contributed by atoms with Crippen LogP contribution < -0.4 is 4.90 Å². The van der Waals surface area contributed by atoms with E-state index in [1.807, 2.05) is 4.90 Å². The highest BCUT2D eigenvalue weighted by Crippen LogP contribution is 2.28. The molecule has 17 heavy (non-hydrogen) atoms. The summed E-state index contributed by atoms with van der Waals surface area (Å²) >= 11 is 6.00. The summed E-state index contributed by atoms with van der Waals surface area (Å²) in [5.41, 5.74) is -0.972. The Balaban J connectivity index is 2.12. The topological polar surface area (TPSA) is 29.0 Å². The number of rotatable bonds is 1. The molecule has 1 unspecified atom stereocenters. The Kier molecular flexibility index (Phi) is 3.42. The van der Waals surface area contributed by atoms with E-state index in [4.69, 9.17) is 11.6 Å². The lowest BCUT2D eigenvalue weighted by atomic mass is 10.1. The lowest BCUT2D eigenvalue weighted by Crippen LogP contribution is -2.36. The van der Waals surface area contributed by atoms with Crippen molar-refractivity contribution >= 4 is 17.4 Å². The predicted octanol–water partition coefficient (Wildman–Crippen LogP) is 2.70. The Labute approximate surface area is 102 Å². The van der Waals surface area contributed by atoms with Gasteiger partial charge in [-0.3, -0.25) is 0 Å². The second-order valence-electron chi connectivity index (χ2n) is 3.96. The highest BCUT2D eigenvalue weighted by Gasteiger charge is 2.33. The zero-order chi connectivity index (χ0) is 12.5. The van der Waals surface area contributed by atoms with Crippen molar-refractivity contribution in [3.05, 3.63) is 17.8 Å². The maximum atomic E-state index is 12.3. The Hall–Kier alpha value is -1.04. The van der Waals surface area contributed by atoms with Crippen molar-refractivity contribution in [1.29, 1.82) is 0 Å². The number of anilines is 1. The highest BCUT2D eigenvalue weighted by atomic mass is 35.5. The highest BCUT2D eigenvalue weighted by molar-refractivity contribution is 6.21. The largest absolute Gasteiger partial charge is 0.435 e. The fraction of sp³-hybridized carbons (Fsp3) is 0.600. The zero-order valence-corrected chi connectivity index (χ0v) is 9.67. The van der Waals surface area contributed by atoms with Gasteiger partial charge >= 0.3 is 6.18 Å². The van der Waals surface area contributed by atoms with E-state index in [-0.39, 0.29) is 5.38 Å². The van der Waals surface area contributed by atoms with Crippen LogP contribution in [0.1, 0.15) is 18.5 Å². The van der Waals surface area contributed by atoms with Crippen molar-refractivity contribution in [3.8, 4) is 0 Å². The summed E-state index contributed by atoms with van der Waals surface area (Å²) in [4.78, 5) is 1.86. The Bertz CT molecular complexity index is 379. The summed E-state index contributed by atoms with van der Waals surface area (Å²) in [6.45, 7) is 1.35. The van der Waals surface area contributed by atoms with Crippen LogP contribution in [0.25, 0.3) is 0 Å². The van der Waals surface area contributed by atoms with Gasteiger partial charge in [-0.2, -0.15) is 13.2 Å². The number of halogens is 4. The molecule has 2 rings (SSSR count). The Morgan fingerprint density at radius 3 is 2.59 bits per heavy atom. The van der Waals surface area contributed by atoms with E-state index in [0.717, 1.165) is 25.5 Å². The average molecular weight is 266 g/mol. The third kappa shape index (κ3) is 3.00. The average Bonchev–Trinajstić information content (AvgIpc) is 2.28. The van der Waals surface area contributed by atoms with Crippen molar-refractivity contribution in [3.63, 3.8) is 0 Å². The molecule has 0 amide bonds. The van der Waals surface area contributed by atoms with Gasteiger partial charge in [0, 0.05) is 13.1 Å². The standard InChI is InChI=1S/C10H11ClF3N3/c11-7-2-1-5-17(6-7)9-4-3-8(15-16-9)10(12,13)14/h3-4,7H,1-2,5-6H2. The Morgan fingerprint density at radius 2 is 2.06 bits per heavy atom. The van der Waals surface area contributed by atoms with Gasteiger partial charge in [-0.15, -0.1) is 21.8 Å². The van der Waals surface area contributed by atoms with E-state index in [1.165, 1.54) is 6.07 Å². The number of piperidine rings is 1. The summed E-state index contributed by atoms with van der Waals surface area (Å²) in [5.74, 6) is 0.448. The molecule has 3 nitrogen and oxygen atoms in total. The van der Waals surface area contributed by atoms with Gasteiger partial charge in [0.15, 0.2) is 11.5 Å². The van der Waals surface area contributed by atoms with Crippen LogP contribution in [0, 0.1) is 0 Å². The first kappa shape index (κ1) is 12.4. The Morgan fingerprint density at radius 1 is 1.29 bits per heavy atom. The van der Waals surface area contributed by atoms with Crippen molar-refractivity contribution in [1.82, 2.24) is 10.2 Å². The van der Waals surface area contributed by atoms with Crippen LogP contribution in [0.4, 0.5) is 19.0 Å². The first-order chi connectivity index (χ1) is 7.97. The second kappa shape index (κ2) is 4.68. The molecule has 0 N–H and O–H groups in total. The van der Waals surface area contributed by atoms with Gasteiger partial charge in [0.1, 0.15) is 0 Å². The molecule has 1 saturated heterocycles. The third-order valence-electron chi connectivity index (χ3n) is 2.63. The van der Waals surface area contributed by atoms with Crippen molar-refractivity contribution in [2.24, 2.45) is 0 Å². The molecule has 1 aromatic rings. The minimum absolute atomic E-state index is 0.0212. The van der Waals surface area contributed by atoms with Crippen LogP contribution >= 0.6 is 11.6 Å². The second-order valence-corrected chi connectivity index (χ2v) is 4.58. The fourth-order valence-corrected chi connectivity index (χ4v) is 2.10. The monoisotopic (exact) mass is 265 g/mol. The van der Waals surface area contributed by atoms with Gasteiger partial charge in [0.25, 0.3) is 0 Å². The quantitative estimate of drug-likeness (QED) is 0.731. The summed E-state index contributed by atoms with van der Waals surface area (Å²) in [5, 5.41) is 6.81.